The maximum Gasteiger partial charge on any atom is 0.0781 e. The third kappa shape index (κ3) is 2.69. The SMILES string of the molecule is CC(C)(C)[C@@H](O)[C@@H](N)c1cccc2[nH]ccc12.Cl. The van der Waals surface area contributed by atoms with Crippen LogP contribution in [-0.4, -0.2) is 16.2 Å². The van der Waals surface area contributed by atoms with Crippen LogP contribution in [0, 0.1) is 5.41 Å². The molecule has 2 atom stereocenters. The van der Waals surface area contributed by atoms with Crippen LogP contribution >= 0.6 is 12.4 Å². The number of aromatic amines is 1. The first kappa shape index (κ1) is 15.0. The molecule has 1 aromatic carbocycles. The van der Waals surface area contributed by atoms with E-state index in [-0.39, 0.29) is 23.9 Å². The molecule has 0 amide bonds. The Labute approximate surface area is 114 Å². The summed E-state index contributed by atoms with van der Waals surface area (Å²) in [6.45, 7) is 5.98. The quantitative estimate of drug-likeness (QED) is 0.784. The van der Waals surface area contributed by atoms with Gasteiger partial charge in [-0.3, -0.25) is 0 Å². The van der Waals surface area contributed by atoms with E-state index >= 15 is 0 Å². The van der Waals surface area contributed by atoms with Crippen molar-refractivity contribution < 1.29 is 5.11 Å². The number of fused-ring (bicyclic) bond motifs is 1. The van der Waals surface area contributed by atoms with Crippen LogP contribution in [0.1, 0.15) is 32.4 Å². The highest BCUT2D eigenvalue weighted by atomic mass is 35.5. The molecule has 0 spiro atoms. The predicted octanol–water partition coefficient (Wildman–Crippen LogP) is 3.00. The Morgan fingerprint density at radius 3 is 2.50 bits per heavy atom. The number of halogens is 1. The fourth-order valence-electron chi connectivity index (χ4n) is 2.11. The molecule has 0 aliphatic heterocycles. The molecular weight excluding hydrogens is 248 g/mol. The van der Waals surface area contributed by atoms with Crippen LogP contribution in [0.4, 0.5) is 0 Å². The third-order valence-corrected chi connectivity index (χ3v) is 3.22. The molecule has 0 unspecified atom stereocenters. The summed E-state index contributed by atoms with van der Waals surface area (Å²) in [7, 11) is 0. The number of aliphatic hydroxyl groups excluding tert-OH is 1. The molecule has 4 heteroatoms. The number of nitrogens with two attached hydrogens (primary N) is 1. The van der Waals surface area contributed by atoms with Crippen molar-refractivity contribution in [1.82, 2.24) is 4.98 Å². The van der Waals surface area contributed by atoms with E-state index in [1.165, 1.54) is 0 Å². The van der Waals surface area contributed by atoms with E-state index in [9.17, 15) is 5.11 Å². The average molecular weight is 269 g/mol. The Hall–Kier alpha value is -1.03. The van der Waals surface area contributed by atoms with Crippen LogP contribution < -0.4 is 5.73 Å². The molecule has 2 aromatic rings. The lowest BCUT2D eigenvalue weighted by molar-refractivity contribution is 0.0405. The van der Waals surface area contributed by atoms with E-state index < -0.39 is 6.10 Å². The molecule has 0 saturated heterocycles. The van der Waals surface area contributed by atoms with Crippen LogP contribution in [0.5, 0.6) is 0 Å². The fourth-order valence-corrected chi connectivity index (χ4v) is 2.11. The predicted molar refractivity (Wildman–Crippen MR) is 77.9 cm³/mol. The summed E-state index contributed by atoms with van der Waals surface area (Å²) in [4.78, 5) is 3.16. The van der Waals surface area contributed by atoms with Gasteiger partial charge in [-0.05, 0) is 23.1 Å². The smallest absolute Gasteiger partial charge is 0.0781 e. The minimum Gasteiger partial charge on any atom is -0.391 e. The molecule has 0 aliphatic rings. The number of nitrogens with one attached hydrogen (secondary N) is 1. The zero-order valence-electron chi connectivity index (χ0n) is 11.0. The van der Waals surface area contributed by atoms with Gasteiger partial charge in [0.1, 0.15) is 0 Å². The molecule has 4 N–H and O–H groups in total. The Balaban J connectivity index is 0.00000162. The van der Waals surface area contributed by atoms with E-state index in [0.717, 1.165) is 16.5 Å². The molecule has 0 saturated carbocycles. The van der Waals surface area contributed by atoms with Gasteiger partial charge in [-0.1, -0.05) is 32.9 Å². The van der Waals surface area contributed by atoms with Gasteiger partial charge in [-0.25, -0.2) is 0 Å². The third-order valence-electron chi connectivity index (χ3n) is 3.22. The number of rotatable bonds is 2. The van der Waals surface area contributed by atoms with E-state index in [1.807, 2.05) is 51.2 Å². The topological polar surface area (TPSA) is 62.0 Å². The van der Waals surface area contributed by atoms with Crippen molar-refractivity contribution in [3.63, 3.8) is 0 Å². The molecule has 0 aliphatic carbocycles. The second-order valence-corrected chi connectivity index (χ2v) is 5.62. The number of hydrogen-bond acceptors (Lipinski definition) is 2. The number of benzene rings is 1. The Morgan fingerprint density at radius 1 is 1.22 bits per heavy atom. The number of H-pyrrole nitrogens is 1. The van der Waals surface area contributed by atoms with Crippen molar-refractivity contribution in [2.45, 2.75) is 32.9 Å². The van der Waals surface area contributed by atoms with E-state index in [0.29, 0.717) is 0 Å². The summed E-state index contributed by atoms with van der Waals surface area (Å²) in [6, 6.07) is 7.59. The number of aromatic nitrogens is 1. The summed E-state index contributed by atoms with van der Waals surface area (Å²) < 4.78 is 0. The lowest BCUT2D eigenvalue weighted by Gasteiger charge is -2.31. The van der Waals surface area contributed by atoms with Gasteiger partial charge in [-0.15, -0.1) is 12.4 Å². The largest absolute Gasteiger partial charge is 0.391 e. The highest BCUT2D eigenvalue weighted by molar-refractivity contribution is 5.85. The van der Waals surface area contributed by atoms with Crippen LogP contribution in [0.3, 0.4) is 0 Å². The van der Waals surface area contributed by atoms with Crippen molar-refractivity contribution in [2.75, 3.05) is 0 Å². The summed E-state index contributed by atoms with van der Waals surface area (Å²) in [5.74, 6) is 0. The lowest BCUT2D eigenvalue weighted by atomic mass is 9.82. The summed E-state index contributed by atoms with van der Waals surface area (Å²) >= 11 is 0. The lowest BCUT2D eigenvalue weighted by Crippen LogP contribution is -2.37. The molecule has 3 nitrogen and oxygen atoms in total. The second kappa shape index (κ2) is 5.31. The molecule has 1 aromatic heterocycles. The van der Waals surface area contributed by atoms with Gasteiger partial charge in [-0.2, -0.15) is 0 Å². The Morgan fingerprint density at radius 2 is 1.89 bits per heavy atom. The molecule has 0 fully saturated rings. The molecule has 18 heavy (non-hydrogen) atoms. The summed E-state index contributed by atoms with van der Waals surface area (Å²) in [5, 5.41) is 11.4. The van der Waals surface area contributed by atoms with Gasteiger partial charge in [0.2, 0.25) is 0 Å². The van der Waals surface area contributed by atoms with Gasteiger partial charge in [0.25, 0.3) is 0 Å². The van der Waals surface area contributed by atoms with E-state index in [2.05, 4.69) is 4.98 Å². The summed E-state index contributed by atoms with van der Waals surface area (Å²) in [6.07, 6.45) is 1.33. The first-order chi connectivity index (χ1) is 7.91. The van der Waals surface area contributed by atoms with Crippen LogP contribution in [0.25, 0.3) is 10.9 Å². The molecule has 0 bridgehead atoms. The van der Waals surface area contributed by atoms with Crippen molar-refractivity contribution in [2.24, 2.45) is 11.1 Å². The van der Waals surface area contributed by atoms with Gasteiger partial charge in [0, 0.05) is 17.1 Å². The highest BCUT2D eigenvalue weighted by Crippen LogP contribution is 2.31. The van der Waals surface area contributed by atoms with Crippen LogP contribution in [-0.2, 0) is 0 Å². The van der Waals surface area contributed by atoms with Gasteiger partial charge in [0.15, 0.2) is 0 Å². The molecular formula is C14H21ClN2O. The second-order valence-electron chi connectivity index (χ2n) is 5.62. The van der Waals surface area contributed by atoms with Gasteiger partial charge in [0.05, 0.1) is 12.1 Å². The first-order valence-electron chi connectivity index (χ1n) is 5.91. The van der Waals surface area contributed by atoms with Gasteiger partial charge >= 0.3 is 0 Å². The monoisotopic (exact) mass is 268 g/mol. The molecule has 2 rings (SSSR count). The first-order valence-corrected chi connectivity index (χ1v) is 5.91. The van der Waals surface area contributed by atoms with Crippen molar-refractivity contribution >= 4 is 23.3 Å². The van der Waals surface area contributed by atoms with Crippen molar-refractivity contribution in [1.29, 1.82) is 0 Å². The summed E-state index contributed by atoms with van der Waals surface area (Å²) in [5.41, 5.74) is 8.01. The Kier molecular flexibility index (Phi) is 4.43. The fraction of sp³-hybridized carbons (Fsp3) is 0.429. The van der Waals surface area contributed by atoms with Crippen LogP contribution in [0.15, 0.2) is 30.5 Å². The minimum atomic E-state index is -0.567. The highest BCUT2D eigenvalue weighted by Gasteiger charge is 2.29. The zero-order chi connectivity index (χ0) is 12.6. The average Bonchev–Trinajstić information content (AvgIpc) is 2.73. The molecule has 100 valence electrons. The minimum absolute atomic E-state index is 0. The normalized spacial score (nSPS) is 15.2. The molecule has 1 heterocycles. The zero-order valence-corrected chi connectivity index (χ0v) is 11.8. The van der Waals surface area contributed by atoms with Crippen molar-refractivity contribution in [3.05, 3.63) is 36.0 Å². The maximum atomic E-state index is 10.3. The number of aliphatic hydroxyl groups is 1. The number of hydrogen-bond donors (Lipinski definition) is 3. The van der Waals surface area contributed by atoms with Crippen LogP contribution in [0.2, 0.25) is 0 Å². The van der Waals surface area contributed by atoms with Crippen molar-refractivity contribution in [3.8, 4) is 0 Å². The standard InChI is InChI=1S/C14H20N2O.ClH/c1-14(2,3)13(17)12(15)10-5-4-6-11-9(10)7-8-16-11;/h4-8,12-13,16-17H,15H2,1-3H3;1H/t12-,13-;/m0./s1. The Bertz CT molecular complexity index is 516. The maximum absolute atomic E-state index is 10.3. The molecule has 0 radical (unpaired) electrons. The van der Waals surface area contributed by atoms with E-state index in [1.54, 1.807) is 0 Å². The van der Waals surface area contributed by atoms with Gasteiger partial charge < -0.3 is 15.8 Å². The van der Waals surface area contributed by atoms with E-state index in [4.69, 9.17) is 5.73 Å².